The van der Waals surface area contributed by atoms with Gasteiger partial charge in [-0.25, -0.2) is 4.98 Å². The molecule has 2 aliphatic rings. The van der Waals surface area contributed by atoms with E-state index >= 15 is 0 Å². The van der Waals surface area contributed by atoms with Crippen LogP contribution in [0.2, 0.25) is 0 Å². The highest BCUT2D eigenvalue weighted by molar-refractivity contribution is 5.92. The summed E-state index contributed by atoms with van der Waals surface area (Å²) >= 11 is 0. The number of hydrogen-bond acceptors (Lipinski definition) is 5. The number of amides is 2. The molecule has 0 unspecified atom stereocenters. The normalized spacial score (nSPS) is 18.3. The minimum absolute atomic E-state index is 0.0925. The van der Waals surface area contributed by atoms with E-state index < -0.39 is 0 Å². The van der Waals surface area contributed by atoms with E-state index in [1.165, 1.54) is 6.92 Å². The Hall–Kier alpha value is -3.19. The van der Waals surface area contributed by atoms with Crippen LogP contribution in [0.25, 0.3) is 6.08 Å². The second-order valence-corrected chi connectivity index (χ2v) is 7.14. The van der Waals surface area contributed by atoms with E-state index in [2.05, 4.69) is 15.2 Å². The predicted octanol–water partition coefficient (Wildman–Crippen LogP) is 2.82. The van der Waals surface area contributed by atoms with Crippen LogP contribution in [-0.2, 0) is 14.3 Å². The molecule has 7 nitrogen and oxygen atoms in total. The number of ether oxygens (including phenoxy) is 1. The number of morpholine rings is 1. The number of rotatable bonds is 4. The summed E-state index contributed by atoms with van der Waals surface area (Å²) in [5.74, 6) is 0.623. The zero-order valence-electron chi connectivity index (χ0n) is 16.4. The monoisotopic (exact) mass is 392 g/mol. The highest BCUT2D eigenvalue weighted by Gasteiger charge is 2.28. The molecule has 7 heteroatoms. The molecule has 1 atom stereocenters. The van der Waals surface area contributed by atoms with Crippen molar-refractivity contribution in [3.63, 3.8) is 0 Å². The Balaban J connectivity index is 1.44. The lowest BCUT2D eigenvalue weighted by Crippen LogP contribution is -2.36. The molecule has 0 saturated carbocycles. The van der Waals surface area contributed by atoms with Crippen LogP contribution < -0.4 is 10.2 Å². The summed E-state index contributed by atoms with van der Waals surface area (Å²) in [5.41, 5.74) is 2.64. The van der Waals surface area contributed by atoms with Crippen LogP contribution in [0.15, 0.2) is 48.8 Å². The Morgan fingerprint density at radius 2 is 1.97 bits per heavy atom. The van der Waals surface area contributed by atoms with Crippen LogP contribution in [0.4, 0.5) is 11.5 Å². The van der Waals surface area contributed by atoms with Crippen LogP contribution in [0.3, 0.4) is 0 Å². The highest BCUT2D eigenvalue weighted by atomic mass is 16.5. The average molecular weight is 392 g/mol. The number of carbonyl (C=O) groups excluding carboxylic acids is 2. The minimum atomic E-state index is -0.325. The first-order valence-corrected chi connectivity index (χ1v) is 9.76. The maximum Gasteiger partial charge on any atom is 0.226 e. The first-order chi connectivity index (χ1) is 14.1. The minimum Gasteiger partial charge on any atom is -0.378 e. The van der Waals surface area contributed by atoms with Crippen molar-refractivity contribution in [3.05, 3.63) is 59.9 Å². The van der Waals surface area contributed by atoms with Crippen molar-refractivity contribution in [2.24, 2.45) is 0 Å². The summed E-state index contributed by atoms with van der Waals surface area (Å²) in [6.07, 6.45) is 5.49. The van der Waals surface area contributed by atoms with E-state index in [9.17, 15) is 9.59 Å². The van der Waals surface area contributed by atoms with Crippen molar-refractivity contribution in [1.29, 1.82) is 0 Å². The van der Waals surface area contributed by atoms with Gasteiger partial charge in [0, 0.05) is 26.2 Å². The molecule has 0 bridgehead atoms. The van der Waals surface area contributed by atoms with E-state index in [0.717, 1.165) is 30.0 Å². The summed E-state index contributed by atoms with van der Waals surface area (Å²) < 4.78 is 5.36. The predicted molar refractivity (Wildman–Crippen MR) is 111 cm³/mol. The lowest BCUT2D eigenvalue weighted by molar-refractivity contribution is -0.129. The molecule has 3 heterocycles. The third-order valence-corrected chi connectivity index (χ3v) is 5.21. The van der Waals surface area contributed by atoms with Gasteiger partial charge in [-0.1, -0.05) is 24.3 Å². The lowest BCUT2D eigenvalue weighted by Gasteiger charge is -2.32. The Morgan fingerprint density at radius 3 is 2.69 bits per heavy atom. The topological polar surface area (TPSA) is 74.8 Å². The number of nitrogens with one attached hydrogen (secondary N) is 1. The molecule has 1 aromatic heterocycles. The zero-order chi connectivity index (χ0) is 20.2. The Labute approximate surface area is 170 Å². The maximum absolute atomic E-state index is 12.7. The van der Waals surface area contributed by atoms with E-state index in [4.69, 9.17) is 4.74 Å². The van der Waals surface area contributed by atoms with Gasteiger partial charge in [-0.3, -0.25) is 9.59 Å². The van der Waals surface area contributed by atoms with Gasteiger partial charge in [0.25, 0.3) is 0 Å². The molecule has 0 aliphatic carbocycles. The summed E-state index contributed by atoms with van der Waals surface area (Å²) in [4.78, 5) is 33.0. The summed E-state index contributed by atoms with van der Waals surface area (Å²) in [5, 5.41) is 2.90. The largest absolute Gasteiger partial charge is 0.378 e. The molecule has 2 aliphatic heterocycles. The molecule has 4 rings (SSSR count). The molecule has 29 heavy (non-hydrogen) atoms. The van der Waals surface area contributed by atoms with E-state index in [1.54, 1.807) is 17.3 Å². The van der Waals surface area contributed by atoms with Gasteiger partial charge in [-0.05, 0) is 29.3 Å². The van der Waals surface area contributed by atoms with Crippen molar-refractivity contribution in [1.82, 2.24) is 9.88 Å². The van der Waals surface area contributed by atoms with Crippen molar-refractivity contribution in [3.8, 4) is 0 Å². The number of hydrogen-bond donors (Lipinski definition) is 1. The number of fused-ring (bicyclic) bond motifs is 1. The molecule has 1 aromatic carbocycles. The average Bonchev–Trinajstić information content (AvgIpc) is 2.75. The Bertz CT molecular complexity index is 920. The molecule has 2 amide bonds. The molecular formula is C22H24N4O3. The first kappa shape index (κ1) is 19.1. The van der Waals surface area contributed by atoms with Crippen LogP contribution in [-0.4, -0.2) is 48.0 Å². The van der Waals surface area contributed by atoms with Gasteiger partial charge in [0.05, 0.1) is 37.6 Å². The standard InChI is InChI=1S/C22H24N4O3/c1-16(27)26-9-8-17-4-2-3-5-19(17)20(26)14-22(28)24-18-6-7-21(23-15-18)25-10-12-29-13-11-25/h2-9,15,20H,10-14H2,1H3,(H,24,28)/t20-/m1/s1. The number of nitrogens with zero attached hydrogens (tertiary/aromatic N) is 3. The summed E-state index contributed by atoms with van der Waals surface area (Å²) in [7, 11) is 0. The van der Waals surface area contributed by atoms with Crippen LogP contribution in [0.1, 0.15) is 30.5 Å². The Kier molecular flexibility index (Phi) is 5.57. The van der Waals surface area contributed by atoms with Gasteiger partial charge in [-0.15, -0.1) is 0 Å². The molecular weight excluding hydrogens is 368 g/mol. The van der Waals surface area contributed by atoms with Crippen molar-refractivity contribution in [2.75, 3.05) is 36.5 Å². The van der Waals surface area contributed by atoms with E-state index in [0.29, 0.717) is 18.9 Å². The number of pyridine rings is 1. The van der Waals surface area contributed by atoms with Gasteiger partial charge in [0.2, 0.25) is 11.8 Å². The van der Waals surface area contributed by atoms with Gasteiger partial charge < -0.3 is 19.9 Å². The van der Waals surface area contributed by atoms with E-state index in [-0.39, 0.29) is 24.3 Å². The SMILES string of the molecule is CC(=O)N1C=Cc2ccccc2[C@H]1CC(=O)Nc1ccc(N2CCOCC2)nc1. The van der Waals surface area contributed by atoms with Crippen molar-refractivity contribution >= 4 is 29.4 Å². The lowest BCUT2D eigenvalue weighted by atomic mass is 9.93. The quantitative estimate of drug-likeness (QED) is 0.866. The fourth-order valence-corrected chi connectivity index (χ4v) is 3.74. The van der Waals surface area contributed by atoms with Gasteiger partial charge in [0.15, 0.2) is 0 Å². The fraction of sp³-hybridized carbons (Fsp3) is 0.318. The second-order valence-electron chi connectivity index (χ2n) is 7.14. The molecule has 1 fully saturated rings. The Morgan fingerprint density at radius 1 is 1.17 bits per heavy atom. The third kappa shape index (κ3) is 4.30. The van der Waals surface area contributed by atoms with Crippen molar-refractivity contribution in [2.45, 2.75) is 19.4 Å². The molecule has 0 spiro atoms. The fourth-order valence-electron chi connectivity index (χ4n) is 3.74. The smallest absolute Gasteiger partial charge is 0.226 e. The highest BCUT2D eigenvalue weighted by Crippen LogP contribution is 2.33. The molecule has 2 aromatic rings. The summed E-state index contributed by atoms with van der Waals surface area (Å²) in [6.45, 7) is 4.54. The van der Waals surface area contributed by atoms with Gasteiger partial charge >= 0.3 is 0 Å². The third-order valence-electron chi connectivity index (χ3n) is 5.21. The first-order valence-electron chi connectivity index (χ1n) is 9.76. The van der Waals surface area contributed by atoms with Crippen LogP contribution in [0.5, 0.6) is 0 Å². The number of benzene rings is 1. The number of aromatic nitrogens is 1. The maximum atomic E-state index is 12.7. The molecule has 1 N–H and O–H groups in total. The summed E-state index contributed by atoms with van der Waals surface area (Å²) in [6, 6.07) is 11.3. The number of anilines is 2. The van der Waals surface area contributed by atoms with Crippen LogP contribution in [0, 0.1) is 0 Å². The second kappa shape index (κ2) is 8.45. The molecule has 0 radical (unpaired) electrons. The number of carbonyl (C=O) groups is 2. The molecule has 1 saturated heterocycles. The zero-order valence-corrected chi connectivity index (χ0v) is 16.4. The van der Waals surface area contributed by atoms with Gasteiger partial charge in [-0.2, -0.15) is 0 Å². The van der Waals surface area contributed by atoms with Crippen LogP contribution >= 0.6 is 0 Å². The van der Waals surface area contributed by atoms with Crippen molar-refractivity contribution < 1.29 is 14.3 Å². The van der Waals surface area contributed by atoms with E-state index in [1.807, 2.05) is 42.5 Å². The molecule has 150 valence electrons. The van der Waals surface area contributed by atoms with Gasteiger partial charge in [0.1, 0.15) is 5.82 Å².